The van der Waals surface area contributed by atoms with Crippen molar-refractivity contribution in [3.05, 3.63) is 64.6 Å². The Morgan fingerprint density at radius 3 is 2.81 bits per heavy atom. The molecular formula is C21H26ClN5O3S. The summed E-state index contributed by atoms with van der Waals surface area (Å²) >= 11 is 5.80. The number of fused-ring (bicyclic) bond motifs is 1. The highest BCUT2D eigenvalue weighted by molar-refractivity contribution is 7.90. The molecule has 166 valence electrons. The number of nitrogens with one attached hydrogen (secondary N) is 1. The molecule has 2 atom stereocenters. The summed E-state index contributed by atoms with van der Waals surface area (Å²) in [5.41, 5.74) is 7.21. The number of allylic oxidation sites excluding steroid dienone is 3. The third-order valence-electron chi connectivity index (χ3n) is 5.75. The van der Waals surface area contributed by atoms with Crippen LogP contribution in [0.25, 0.3) is 0 Å². The number of aliphatic imine (C=N–C) groups is 1. The average Bonchev–Trinajstić information content (AvgIpc) is 2.83. The summed E-state index contributed by atoms with van der Waals surface area (Å²) < 4.78 is 26.9. The Morgan fingerprint density at radius 2 is 2.16 bits per heavy atom. The number of pyridine rings is 1. The van der Waals surface area contributed by atoms with Gasteiger partial charge in [0.25, 0.3) is 5.91 Å². The fourth-order valence-electron chi connectivity index (χ4n) is 3.84. The molecule has 0 radical (unpaired) electrons. The Bertz CT molecular complexity index is 1110. The van der Waals surface area contributed by atoms with Crippen molar-refractivity contribution in [2.75, 3.05) is 7.05 Å². The van der Waals surface area contributed by atoms with E-state index in [2.05, 4.69) is 21.9 Å². The van der Waals surface area contributed by atoms with Crippen LogP contribution >= 0.6 is 11.6 Å². The molecule has 0 bridgehead atoms. The van der Waals surface area contributed by atoms with Gasteiger partial charge in [0, 0.05) is 18.9 Å². The van der Waals surface area contributed by atoms with Crippen LogP contribution in [0, 0.1) is 0 Å². The normalized spacial score (nSPS) is 27.4. The van der Waals surface area contributed by atoms with Gasteiger partial charge in [0.1, 0.15) is 16.5 Å². The first-order valence-corrected chi connectivity index (χ1v) is 11.7. The Labute approximate surface area is 187 Å². The summed E-state index contributed by atoms with van der Waals surface area (Å²) in [6.07, 6.45) is 6.79. The lowest BCUT2D eigenvalue weighted by atomic mass is 9.85. The van der Waals surface area contributed by atoms with Crippen molar-refractivity contribution >= 4 is 33.5 Å². The zero-order valence-electron chi connectivity index (χ0n) is 17.7. The highest BCUT2D eigenvalue weighted by atomic mass is 35.5. The fraction of sp³-hybridized carbons (Fsp3) is 0.381. The molecule has 0 spiro atoms. The van der Waals surface area contributed by atoms with Crippen LogP contribution in [0.15, 0.2) is 58.9 Å². The molecule has 0 unspecified atom stereocenters. The van der Waals surface area contributed by atoms with Crippen molar-refractivity contribution in [3.8, 4) is 0 Å². The lowest BCUT2D eigenvalue weighted by Crippen LogP contribution is -2.57. The molecule has 0 saturated heterocycles. The minimum atomic E-state index is -3.63. The van der Waals surface area contributed by atoms with Gasteiger partial charge in [-0.2, -0.15) is 0 Å². The molecule has 1 saturated carbocycles. The van der Waals surface area contributed by atoms with Gasteiger partial charge in [-0.1, -0.05) is 24.3 Å². The Kier molecular flexibility index (Phi) is 6.29. The second-order valence-corrected chi connectivity index (χ2v) is 10.4. The van der Waals surface area contributed by atoms with E-state index in [1.54, 1.807) is 32.1 Å². The summed E-state index contributed by atoms with van der Waals surface area (Å²) in [5, 5.41) is 2.49. The number of rotatable bonds is 3. The summed E-state index contributed by atoms with van der Waals surface area (Å²) in [5.74, 6) is -0.398. The molecule has 1 aromatic heterocycles. The minimum absolute atomic E-state index is 0.0457. The van der Waals surface area contributed by atoms with Crippen LogP contribution in [0.3, 0.4) is 0 Å². The third-order valence-corrected chi connectivity index (χ3v) is 8.34. The van der Waals surface area contributed by atoms with Crippen LogP contribution in [-0.2, 0) is 10.0 Å². The van der Waals surface area contributed by atoms with E-state index < -0.39 is 20.8 Å². The molecule has 2 heterocycles. The van der Waals surface area contributed by atoms with E-state index in [4.69, 9.17) is 17.3 Å². The molecule has 3 N–H and O–H groups in total. The van der Waals surface area contributed by atoms with E-state index in [-0.39, 0.29) is 17.6 Å². The molecule has 31 heavy (non-hydrogen) atoms. The first kappa shape index (κ1) is 23.0. The number of guanidine groups is 1. The van der Waals surface area contributed by atoms with Crippen LogP contribution in [0.2, 0.25) is 5.02 Å². The highest BCUT2D eigenvalue weighted by Crippen LogP contribution is 2.43. The van der Waals surface area contributed by atoms with E-state index in [1.165, 1.54) is 13.2 Å². The number of aromatic nitrogens is 1. The van der Waals surface area contributed by atoms with E-state index in [1.807, 2.05) is 6.08 Å². The molecular weight excluding hydrogens is 438 g/mol. The third kappa shape index (κ3) is 4.38. The first-order chi connectivity index (χ1) is 14.5. The van der Waals surface area contributed by atoms with Crippen molar-refractivity contribution in [2.45, 2.75) is 43.9 Å². The van der Waals surface area contributed by atoms with Crippen LogP contribution in [0.1, 0.15) is 43.6 Å². The monoisotopic (exact) mass is 463 g/mol. The van der Waals surface area contributed by atoms with E-state index >= 15 is 0 Å². The Morgan fingerprint density at radius 1 is 1.45 bits per heavy atom. The first-order valence-electron chi connectivity index (χ1n) is 9.80. The van der Waals surface area contributed by atoms with Gasteiger partial charge < -0.3 is 11.1 Å². The molecule has 1 amide bonds. The predicted octanol–water partition coefficient (Wildman–Crippen LogP) is 2.75. The number of hydrogen-bond acceptors (Lipinski definition) is 6. The van der Waals surface area contributed by atoms with E-state index in [0.717, 1.165) is 9.88 Å². The number of nitrogens with zero attached hydrogens (tertiary/aromatic N) is 3. The number of hydrogen-bond donors (Lipinski definition) is 2. The maximum Gasteiger partial charge on any atom is 0.273 e. The van der Waals surface area contributed by atoms with E-state index in [0.29, 0.717) is 35.6 Å². The standard InChI is InChI=1S/C21H26ClN5O3S/c1-13(25-19(28)17-11-10-16(22)12-24-17)8-9-15-6-5-7-18-21(3,14(15)2)26-20(23)27(4)31(18,29)30/h8-12,18H,2,5-7H2,1,3-4H3,(H2,23,26)(H,25,28)/b13-8+,15-9-/t18-,21+/m0/s1. The zero-order valence-corrected chi connectivity index (χ0v) is 19.3. The maximum atomic E-state index is 12.9. The fourth-order valence-corrected chi connectivity index (χ4v) is 5.88. The number of carbonyl (C=O) groups excluding carboxylic acids is 1. The molecule has 1 aromatic rings. The van der Waals surface area contributed by atoms with Gasteiger partial charge in [0.2, 0.25) is 16.0 Å². The number of nitrogens with two attached hydrogens (primary N) is 1. The van der Waals surface area contributed by atoms with Crippen molar-refractivity contribution in [1.29, 1.82) is 0 Å². The Hall–Kier alpha value is -2.65. The predicted molar refractivity (Wildman–Crippen MR) is 122 cm³/mol. The molecule has 3 rings (SSSR count). The van der Waals surface area contributed by atoms with Gasteiger partial charge in [0.15, 0.2) is 0 Å². The summed E-state index contributed by atoms with van der Waals surface area (Å²) in [6.45, 7) is 7.70. The molecule has 1 aliphatic heterocycles. The number of halogens is 1. The summed E-state index contributed by atoms with van der Waals surface area (Å²) in [6, 6.07) is 3.14. The quantitative estimate of drug-likeness (QED) is 0.714. The van der Waals surface area contributed by atoms with Gasteiger partial charge in [-0.25, -0.2) is 22.7 Å². The van der Waals surface area contributed by atoms with E-state index in [9.17, 15) is 13.2 Å². The van der Waals surface area contributed by atoms with Crippen LogP contribution in [-0.4, -0.2) is 47.4 Å². The van der Waals surface area contributed by atoms with Crippen molar-refractivity contribution < 1.29 is 13.2 Å². The SMILES string of the molecule is C=C1/C(=C\C=C(/C)NC(=O)c2ccc(Cl)cn2)CCC[C@H]2[C@]1(C)N=C(N)N(C)S2(=O)=O. The Balaban J connectivity index is 1.85. The van der Waals surface area contributed by atoms with Gasteiger partial charge >= 0.3 is 0 Å². The molecule has 1 aliphatic carbocycles. The number of amides is 1. The largest absolute Gasteiger partial charge is 0.369 e. The molecule has 10 heteroatoms. The second kappa shape index (κ2) is 8.47. The molecule has 1 fully saturated rings. The van der Waals surface area contributed by atoms with Crippen LogP contribution in [0.4, 0.5) is 0 Å². The van der Waals surface area contributed by atoms with Gasteiger partial charge in [-0.15, -0.1) is 0 Å². The van der Waals surface area contributed by atoms with Gasteiger partial charge in [-0.3, -0.25) is 4.79 Å². The van der Waals surface area contributed by atoms with Crippen molar-refractivity contribution in [1.82, 2.24) is 14.6 Å². The zero-order chi connectivity index (χ0) is 23.0. The highest BCUT2D eigenvalue weighted by Gasteiger charge is 2.51. The smallest absolute Gasteiger partial charge is 0.273 e. The van der Waals surface area contributed by atoms with Crippen LogP contribution < -0.4 is 11.1 Å². The summed E-state index contributed by atoms with van der Waals surface area (Å²) in [4.78, 5) is 20.8. The van der Waals surface area contributed by atoms with Crippen molar-refractivity contribution in [2.24, 2.45) is 10.7 Å². The lowest BCUT2D eigenvalue weighted by molar-refractivity contribution is 0.0961. The van der Waals surface area contributed by atoms with Crippen molar-refractivity contribution in [3.63, 3.8) is 0 Å². The minimum Gasteiger partial charge on any atom is -0.369 e. The molecule has 0 aromatic carbocycles. The number of carbonyl (C=O) groups is 1. The van der Waals surface area contributed by atoms with Gasteiger partial charge in [-0.05, 0) is 62.5 Å². The maximum absolute atomic E-state index is 12.9. The second-order valence-electron chi connectivity index (χ2n) is 7.85. The van der Waals surface area contributed by atoms with Crippen LogP contribution in [0.5, 0.6) is 0 Å². The average molecular weight is 464 g/mol. The van der Waals surface area contributed by atoms with Gasteiger partial charge in [0.05, 0.1) is 5.02 Å². The summed E-state index contributed by atoms with van der Waals surface area (Å²) in [7, 11) is -2.21. The molecule has 8 nitrogen and oxygen atoms in total. The molecule has 2 aliphatic rings. The number of sulfonamides is 1. The topological polar surface area (TPSA) is 118 Å². The lowest BCUT2D eigenvalue weighted by Gasteiger charge is -2.41.